The third kappa shape index (κ3) is 36.4. The highest BCUT2D eigenvalue weighted by molar-refractivity contribution is 5.83. The van der Waals surface area contributed by atoms with Crippen molar-refractivity contribution >= 4 is 35.8 Å². The van der Waals surface area contributed by atoms with Crippen LogP contribution in [0.5, 0.6) is 0 Å². The maximum absolute atomic E-state index is 10.1. The van der Waals surface area contributed by atoms with E-state index >= 15 is 0 Å². The molecule has 0 aliphatic heterocycles. The molecule has 194 valence electrons. The van der Waals surface area contributed by atoms with Gasteiger partial charge in [0.2, 0.25) is 5.91 Å². The molecule has 0 aliphatic carbocycles. The maximum atomic E-state index is 10.1. The molecule has 0 spiro atoms. The zero-order valence-electron chi connectivity index (χ0n) is 18.4. The monoisotopic (exact) mass is 485 g/mol. The fourth-order valence-corrected chi connectivity index (χ4v) is 1.32. The summed E-state index contributed by atoms with van der Waals surface area (Å²) in [7, 11) is 0. The minimum absolute atomic E-state index is 0.0231. The summed E-state index contributed by atoms with van der Waals surface area (Å²) in [4.78, 5) is 59.1. The lowest BCUT2D eigenvalue weighted by molar-refractivity contribution is -0.141. The van der Waals surface area contributed by atoms with Crippen molar-refractivity contribution in [2.24, 2.45) is 34.6 Å². The van der Waals surface area contributed by atoms with Crippen molar-refractivity contribution in [2.45, 2.75) is 57.7 Å². The Hall–Kier alpha value is -3.34. The summed E-state index contributed by atoms with van der Waals surface area (Å²) in [6.45, 7) is 3.62. The molecule has 3 atom stereocenters. The van der Waals surface area contributed by atoms with Gasteiger partial charge in [-0.1, -0.05) is 13.8 Å². The normalized spacial score (nSPS) is 12.1. The molecule has 16 heteroatoms. The molecule has 3 unspecified atom stereocenters. The Morgan fingerprint density at radius 2 is 1.06 bits per heavy atom. The number of primary amides is 1. The topological polar surface area (TPSA) is 334 Å². The van der Waals surface area contributed by atoms with Crippen LogP contribution in [0.3, 0.4) is 0 Å². The second-order valence-corrected chi connectivity index (χ2v) is 6.66. The van der Waals surface area contributed by atoms with E-state index < -0.39 is 53.9 Å². The summed E-state index contributed by atoms with van der Waals surface area (Å²) in [5.41, 5.74) is 24.4. The van der Waals surface area contributed by atoms with Gasteiger partial charge in [-0.25, -0.2) is 0 Å². The number of hydrogen-bond acceptors (Lipinski definition) is 10. The number of nitrogens with two attached hydrogens (primary N) is 5. The van der Waals surface area contributed by atoms with E-state index in [-0.39, 0.29) is 25.8 Å². The van der Waals surface area contributed by atoms with Crippen molar-refractivity contribution in [1.82, 2.24) is 0 Å². The van der Waals surface area contributed by atoms with Crippen LogP contribution in [0, 0.1) is 5.92 Å². The second kappa shape index (κ2) is 21.9. The number of carboxylic acids is 5. The standard InChI is InChI=1S/C6H13NO2.C5H9NO4.C4H8N2O3.C2H5NO2/c1-4(2)3-5(7)6(8)9;6-3(5(9)10)1-2-4(7)8;5-2(4(8)9)1-3(6)7;3-1-2(4)5/h4-5H,3,7H2,1-2H3,(H,8,9);3H,1-2,6H2,(H,7,8)(H,9,10);2H,1,5H2,(H2,6,7)(H,8,9);1,3H2,(H,4,5). The first-order chi connectivity index (χ1) is 14.9. The zero-order valence-corrected chi connectivity index (χ0v) is 18.4. The second-order valence-electron chi connectivity index (χ2n) is 6.66. The van der Waals surface area contributed by atoms with Crippen molar-refractivity contribution in [1.29, 1.82) is 0 Å². The van der Waals surface area contributed by atoms with Gasteiger partial charge in [0.1, 0.15) is 18.1 Å². The van der Waals surface area contributed by atoms with E-state index in [1.54, 1.807) is 0 Å². The molecule has 0 radical (unpaired) electrons. The van der Waals surface area contributed by atoms with Crippen molar-refractivity contribution in [3.8, 4) is 0 Å². The molecule has 0 saturated carbocycles. The summed E-state index contributed by atoms with van der Waals surface area (Å²) < 4.78 is 0. The largest absolute Gasteiger partial charge is 0.481 e. The lowest BCUT2D eigenvalue weighted by Crippen LogP contribution is -2.34. The maximum Gasteiger partial charge on any atom is 0.321 e. The van der Waals surface area contributed by atoms with Gasteiger partial charge in [0, 0.05) is 6.42 Å². The molecule has 0 fully saturated rings. The number of amides is 1. The highest BCUT2D eigenvalue weighted by atomic mass is 16.4. The van der Waals surface area contributed by atoms with Crippen molar-refractivity contribution in [3.05, 3.63) is 0 Å². The fraction of sp³-hybridized carbons (Fsp3) is 0.647. The highest BCUT2D eigenvalue weighted by Crippen LogP contribution is 2.01. The van der Waals surface area contributed by atoms with Crippen LogP contribution >= 0.6 is 0 Å². The van der Waals surface area contributed by atoms with Crippen LogP contribution in [0.15, 0.2) is 0 Å². The molecular weight excluding hydrogens is 450 g/mol. The van der Waals surface area contributed by atoms with E-state index in [1.165, 1.54) is 0 Å². The summed E-state index contributed by atoms with van der Waals surface area (Å²) in [5.74, 6) is -5.64. The predicted molar refractivity (Wildman–Crippen MR) is 114 cm³/mol. The Balaban J connectivity index is -0.000000174. The zero-order chi connectivity index (χ0) is 27.3. The van der Waals surface area contributed by atoms with Gasteiger partial charge in [-0.3, -0.25) is 28.8 Å². The Morgan fingerprint density at radius 3 is 1.21 bits per heavy atom. The molecule has 1 amide bonds. The van der Waals surface area contributed by atoms with Gasteiger partial charge >= 0.3 is 29.8 Å². The number of hydrogen-bond donors (Lipinski definition) is 10. The SMILES string of the molecule is CC(C)CC(N)C(=O)O.NC(=O)CC(N)C(=O)O.NC(CCC(=O)O)C(=O)O.NCC(=O)O. The van der Waals surface area contributed by atoms with E-state index in [9.17, 15) is 28.8 Å². The average Bonchev–Trinajstić information content (AvgIpc) is 2.66. The highest BCUT2D eigenvalue weighted by Gasteiger charge is 2.13. The van der Waals surface area contributed by atoms with E-state index in [4.69, 9.17) is 42.7 Å². The molecule has 15 N–H and O–H groups in total. The van der Waals surface area contributed by atoms with Crippen LogP contribution in [0.25, 0.3) is 0 Å². The van der Waals surface area contributed by atoms with Crippen LogP contribution in [-0.2, 0) is 28.8 Å². The molecule has 0 saturated heterocycles. The molecule has 0 aromatic rings. The fourth-order valence-electron chi connectivity index (χ4n) is 1.32. The van der Waals surface area contributed by atoms with Crippen molar-refractivity contribution in [2.75, 3.05) is 6.54 Å². The Bertz CT molecular complexity index is 628. The first-order valence-corrected chi connectivity index (χ1v) is 9.25. The quantitative estimate of drug-likeness (QED) is 0.139. The summed E-state index contributed by atoms with van der Waals surface area (Å²) in [5, 5.41) is 40.3. The van der Waals surface area contributed by atoms with E-state index in [1.807, 2.05) is 13.8 Å². The third-order valence-corrected chi connectivity index (χ3v) is 2.94. The van der Waals surface area contributed by atoms with Gasteiger partial charge in [0.15, 0.2) is 0 Å². The Labute approximate surface area is 189 Å². The predicted octanol–water partition coefficient (Wildman–Crippen LogP) is -2.99. The molecule has 0 aliphatic rings. The molecule has 16 nitrogen and oxygen atoms in total. The molecule has 33 heavy (non-hydrogen) atoms. The lowest BCUT2D eigenvalue weighted by atomic mass is 10.1. The number of carbonyl (C=O) groups is 6. The molecular formula is C17H35N5O11. The van der Waals surface area contributed by atoms with Gasteiger partial charge in [0.05, 0.1) is 13.0 Å². The minimum Gasteiger partial charge on any atom is -0.481 e. The molecule has 0 heterocycles. The number of rotatable bonds is 11. The number of aliphatic carboxylic acids is 5. The van der Waals surface area contributed by atoms with E-state index in [0.717, 1.165) is 0 Å². The van der Waals surface area contributed by atoms with Gasteiger partial charge in [-0.2, -0.15) is 0 Å². The van der Waals surface area contributed by atoms with Gasteiger partial charge in [-0.05, 0) is 18.8 Å². The first kappa shape index (κ1) is 37.0. The molecule has 0 rings (SSSR count). The molecule has 0 aromatic heterocycles. The van der Waals surface area contributed by atoms with Crippen molar-refractivity contribution in [3.63, 3.8) is 0 Å². The van der Waals surface area contributed by atoms with E-state index in [2.05, 4.69) is 11.5 Å². The number of carbonyl (C=O) groups excluding carboxylic acids is 1. The van der Waals surface area contributed by atoms with Crippen LogP contribution in [0.2, 0.25) is 0 Å². The Morgan fingerprint density at radius 1 is 0.697 bits per heavy atom. The first-order valence-electron chi connectivity index (χ1n) is 9.25. The smallest absolute Gasteiger partial charge is 0.321 e. The third-order valence-electron chi connectivity index (χ3n) is 2.94. The van der Waals surface area contributed by atoms with Crippen LogP contribution < -0.4 is 28.7 Å². The minimum atomic E-state index is -1.21. The lowest BCUT2D eigenvalue weighted by Gasteiger charge is -2.07. The summed E-state index contributed by atoms with van der Waals surface area (Å²) in [6.07, 6.45) is 0.0167. The van der Waals surface area contributed by atoms with Crippen molar-refractivity contribution < 1.29 is 54.3 Å². The van der Waals surface area contributed by atoms with Crippen LogP contribution in [0.1, 0.15) is 39.5 Å². The van der Waals surface area contributed by atoms with Crippen LogP contribution in [-0.4, -0.2) is 86.0 Å². The number of carboxylic acid groups (broad SMARTS) is 5. The van der Waals surface area contributed by atoms with Gasteiger partial charge < -0.3 is 54.2 Å². The Kier molecular flexibility index (Phi) is 24.5. The molecule has 0 aromatic carbocycles. The summed E-state index contributed by atoms with van der Waals surface area (Å²) >= 11 is 0. The molecule has 0 bridgehead atoms. The van der Waals surface area contributed by atoms with Gasteiger partial charge in [-0.15, -0.1) is 0 Å². The van der Waals surface area contributed by atoms with Gasteiger partial charge in [0.25, 0.3) is 0 Å². The van der Waals surface area contributed by atoms with E-state index in [0.29, 0.717) is 12.3 Å². The summed E-state index contributed by atoms with van der Waals surface area (Å²) in [6, 6.07) is -2.91. The van der Waals surface area contributed by atoms with Crippen LogP contribution in [0.4, 0.5) is 0 Å². The average molecular weight is 485 g/mol.